The molecule has 0 bridgehead atoms. The Labute approximate surface area is 124 Å². The Hall–Kier alpha value is -2.87. The fourth-order valence-electron chi connectivity index (χ4n) is 2.37. The molecule has 0 aliphatic rings. The SMILES string of the molecule is O=CNc1cc(-c2ccccc2)cc(-c2ccccc2)c1. The van der Waals surface area contributed by atoms with Crippen molar-refractivity contribution in [2.24, 2.45) is 0 Å². The molecule has 0 unspecified atom stereocenters. The number of carbonyl (C=O) groups is 1. The van der Waals surface area contributed by atoms with Gasteiger partial charge in [-0.2, -0.15) is 0 Å². The van der Waals surface area contributed by atoms with Gasteiger partial charge < -0.3 is 5.32 Å². The Kier molecular flexibility index (Phi) is 3.79. The van der Waals surface area contributed by atoms with Crippen molar-refractivity contribution in [1.82, 2.24) is 0 Å². The molecular formula is C19H15NO. The molecule has 1 amide bonds. The third kappa shape index (κ3) is 3.00. The van der Waals surface area contributed by atoms with Crippen LogP contribution in [0.2, 0.25) is 0 Å². The number of anilines is 1. The molecule has 0 aromatic heterocycles. The summed E-state index contributed by atoms with van der Waals surface area (Å²) >= 11 is 0. The van der Waals surface area contributed by atoms with Gasteiger partial charge in [0.25, 0.3) is 0 Å². The summed E-state index contributed by atoms with van der Waals surface area (Å²) in [5.74, 6) is 0. The van der Waals surface area contributed by atoms with Crippen LogP contribution in [0.15, 0.2) is 78.9 Å². The first-order valence-corrected chi connectivity index (χ1v) is 6.83. The maximum absolute atomic E-state index is 10.8. The normalized spacial score (nSPS) is 10.1. The lowest BCUT2D eigenvalue weighted by atomic mass is 9.98. The predicted molar refractivity (Wildman–Crippen MR) is 87.0 cm³/mol. The van der Waals surface area contributed by atoms with Gasteiger partial charge in [0.05, 0.1) is 0 Å². The van der Waals surface area contributed by atoms with E-state index in [0.29, 0.717) is 6.41 Å². The largest absolute Gasteiger partial charge is 0.329 e. The Morgan fingerprint density at radius 2 is 1.10 bits per heavy atom. The van der Waals surface area contributed by atoms with E-state index < -0.39 is 0 Å². The monoisotopic (exact) mass is 273 g/mol. The van der Waals surface area contributed by atoms with Crippen LogP contribution in [-0.2, 0) is 4.79 Å². The molecule has 0 fully saturated rings. The molecule has 1 N–H and O–H groups in total. The number of nitrogens with one attached hydrogen (secondary N) is 1. The molecule has 2 nitrogen and oxygen atoms in total. The highest BCUT2D eigenvalue weighted by Gasteiger charge is 2.04. The van der Waals surface area contributed by atoms with Crippen molar-refractivity contribution in [2.75, 3.05) is 5.32 Å². The van der Waals surface area contributed by atoms with Gasteiger partial charge in [-0.3, -0.25) is 4.79 Å². The molecule has 2 heteroatoms. The molecule has 0 saturated heterocycles. The van der Waals surface area contributed by atoms with E-state index in [2.05, 4.69) is 35.6 Å². The highest BCUT2D eigenvalue weighted by atomic mass is 16.1. The van der Waals surface area contributed by atoms with Gasteiger partial charge in [0.15, 0.2) is 0 Å². The number of carbonyl (C=O) groups excluding carboxylic acids is 1. The number of hydrogen-bond acceptors (Lipinski definition) is 1. The molecule has 102 valence electrons. The summed E-state index contributed by atoms with van der Waals surface area (Å²) in [7, 11) is 0. The van der Waals surface area contributed by atoms with Crippen molar-refractivity contribution in [2.45, 2.75) is 0 Å². The van der Waals surface area contributed by atoms with Crippen molar-refractivity contribution in [3.8, 4) is 22.3 Å². The Balaban J connectivity index is 2.13. The molecule has 0 radical (unpaired) electrons. The van der Waals surface area contributed by atoms with Crippen LogP contribution in [0.4, 0.5) is 5.69 Å². The second kappa shape index (κ2) is 6.06. The number of amides is 1. The zero-order valence-electron chi connectivity index (χ0n) is 11.5. The van der Waals surface area contributed by atoms with Crippen LogP contribution >= 0.6 is 0 Å². The minimum absolute atomic E-state index is 0.707. The molecule has 0 aliphatic carbocycles. The lowest BCUT2D eigenvalue weighted by Crippen LogP contribution is -1.94. The molecule has 21 heavy (non-hydrogen) atoms. The smallest absolute Gasteiger partial charge is 0.211 e. The summed E-state index contributed by atoms with van der Waals surface area (Å²) in [6, 6.07) is 26.4. The van der Waals surface area contributed by atoms with E-state index in [9.17, 15) is 4.79 Å². The molecule has 0 atom stereocenters. The van der Waals surface area contributed by atoms with Gasteiger partial charge in [-0.15, -0.1) is 0 Å². The van der Waals surface area contributed by atoms with Crippen molar-refractivity contribution in [3.63, 3.8) is 0 Å². The van der Waals surface area contributed by atoms with E-state index >= 15 is 0 Å². The molecule has 0 heterocycles. The van der Waals surface area contributed by atoms with Crippen molar-refractivity contribution < 1.29 is 4.79 Å². The maximum Gasteiger partial charge on any atom is 0.211 e. The fraction of sp³-hybridized carbons (Fsp3) is 0. The first-order valence-electron chi connectivity index (χ1n) is 6.83. The lowest BCUT2D eigenvalue weighted by Gasteiger charge is -2.10. The molecule has 0 saturated carbocycles. The molecule has 3 rings (SSSR count). The highest BCUT2D eigenvalue weighted by Crippen LogP contribution is 2.30. The average molecular weight is 273 g/mol. The van der Waals surface area contributed by atoms with Gasteiger partial charge >= 0.3 is 0 Å². The quantitative estimate of drug-likeness (QED) is 0.692. The number of hydrogen-bond donors (Lipinski definition) is 1. The topological polar surface area (TPSA) is 29.1 Å². The average Bonchev–Trinajstić information content (AvgIpc) is 2.56. The third-order valence-electron chi connectivity index (χ3n) is 3.37. The van der Waals surface area contributed by atoms with Gasteiger partial charge in [0.2, 0.25) is 6.41 Å². The van der Waals surface area contributed by atoms with Crippen LogP contribution in [0.3, 0.4) is 0 Å². The summed E-state index contributed by atoms with van der Waals surface area (Å²) in [5.41, 5.74) is 5.22. The summed E-state index contributed by atoms with van der Waals surface area (Å²) in [6.45, 7) is 0. The van der Waals surface area contributed by atoms with Crippen molar-refractivity contribution in [3.05, 3.63) is 78.9 Å². The number of rotatable bonds is 4. The van der Waals surface area contributed by atoms with E-state index in [1.54, 1.807) is 0 Å². The van der Waals surface area contributed by atoms with Gasteiger partial charge in [-0.1, -0.05) is 60.7 Å². The van der Waals surface area contributed by atoms with E-state index in [-0.39, 0.29) is 0 Å². The van der Waals surface area contributed by atoms with Crippen LogP contribution in [0.25, 0.3) is 22.3 Å². The highest BCUT2D eigenvalue weighted by molar-refractivity contribution is 5.82. The van der Waals surface area contributed by atoms with E-state index in [1.807, 2.05) is 48.5 Å². The first-order chi connectivity index (χ1) is 10.4. The van der Waals surface area contributed by atoms with Crippen LogP contribution in [0.1, 0.15) is 0 Å². The van der Waals surface area contributed by atoms with Crippen LogP contribution in [-0.4, -0.2) is 6.41 Å². The van der Waals surface area contributed by atoms with E-state index in [1.165, 1.54) is 0 Å². The summed E-state index contributed by atoms with van der Waals surface area (Å²) < 4.78 is 0. The third-order valence-corrected chi connectivity index (χ3v) is 3.37. The summed E-state index contributed by atoms with van der Waals surface area (Å²) in [5, 5.41) is 2.75. The van der Waals surface area contributed by atoms with Gasteiger partial charge in [-0.25, -0.2) is 0 Å². The van der Waals surface area contributed by atoms with Crippen molar-refractivity contribution >= 4 is 12.1 Å². The maximum atomic E-state index is 10.8. The minimum Gasteiger partial charge on any atom is -0.329 e. The van der Waals surface area contributed by atoms with E-state index in [0.717, 1.165) is 27.9 Å². The molecule has 3 aromatic carbocycles. The lowest BCUT2D eigenvalue weighted by molar-refractivity contribution is -0.105. The minimum atomic E-state index is 0.707. The Morgan fingerprint density at radius 3 is 1.52 bits per heavy atom. The molecular weight excluding hydrogens is 258 g/mol. The number of benzene rings is 3. The van der Waals surface area contributed by atoms with Crippen LogP contribution < -0.4 is 5.32 Å². The molecule has 0 spiro atoms. The fourth-order valence-corrected chi connectivity index (χ4v) is 2.37. The Morgan fingerprint density at radius 1 is 0.619 bits per heavy atom. The second-order valence-corrected chi connectivity index (χ2v) is 4.79. The van der Waals surface area contributed by atoms with Gasteiger partial charge in [0, 0.05) is 5.69 Å². The summed E-state index contributed by atoms with van der Waals surface area (Å²) in [4.78, 5) is 10.8. The first kappa shape index (κ1) is 13.1. The summed E-state index contributed by atoms with van der Waals surface area (Å²) in [6.07, 6.45) is 0.707. The predicted octanol–water partition coefficient (Wildman–Crippen LogP) is 4.59. The van der Waals surface area contributed by atoms with Crippen LogP contribution in [0, 0.1) is 0 Å². The van der Waals surface area contributed by atoms with Crippen LogP contribution in [0.5, 0.6) is 0 Å². The van der Waals surface area contributed by atoms with Gasteiger partial charge in [-0.05, 0) is 40.5 Å². The zero-order valence-corrected chi connectivity index (χ0v) is 11.5. The molecule has 3 aromatic rings. The Bertz CT molecular complexity index is 678. The standard InChI is InChI=1S/C19H15NO/c21-14-20-19-12-17(15-7-3-1-4-8-15)11-18(13-19)16-9-5-2-6-10-16/h1-14H,(H,20,21). The van der Waals surface area contributed by atoms with E-state index in [4.69, 9.17) is 0 Å². The second-order valence-electron chi connectivity index (χ2n) is 4.79. The van der Waals surface area contributed by atoms with Gasteiger partial charge in [0.1, 0.15) is 0 Å². The zero-order chi connectivity index (χ0) is 14.5. The van der Waals surface area contributed by atoms with Crippen molar-refractivity contribution in [1.29, 1.82) is 0 Å². The molecule has 0 aliphatic heterocycles.